The van der Waals surface area contributed by atoms with Crippen LogP contribution in [0.2, 0.25) is 0 Å². The number of aromatic nitrogens is 1. The SMILES string of the molecule is c1ccc2c3c(ccc2c1)-c1cc2[nH]c4c5ccccc5ccc4c2cc1[NH2+]3. The van der Waals surface area contributed by atoms with Crippen LogP contribution in [0.1, 0.15) is 0 Å². The van der Waals surface area contributed by atoms with E-state index in [1.54, 1.807) is 0 Å². The first kappa shape index (κ1) is 14.4. The fraction of sp³-hybridized carbons (Fsp3) is 0. The van der Waals surface area contributed by atoms with Crippen LogP contribution in [0.3, 0.4) is 0 Å². The third-order valence-electron chi connectivity index (χ3n) is 6.23. The van der Waals surface area contributed by atoms with Crippen molar-refractivity contribution in [2.45, 2.75) is 0 Å². The largest absolute Gasteiger partial charge is 0.354 e. The fourth-order valence-electron chi connectivity index (χ4n) is 4.90. The molecule has 7 rings (SSSR count). The van der Waals surface area contributed by atoms with E-state index in [0.29, 0.717) is 0 Å². The monoisotopic (exact) mass is 357 g/mol. The average molecular weight is 357 g/mol. The number of benzene rings is 5. The number of hydrogen-bond acceptors (Lipinski definition) is 0. The van der Waals surface area contributed by atoms with E-state index >= 15 is 0 Å². The van der Waals surface area contributed by atoms with Gasteiger partial charge in [-0.25, -0.2) is 0 Å². The molecule has 2 nitrogen and oxygen atoms in total. The number of hydrogen-bond donors (Lipinski definition) is 2. The molecule has 0 spiro atoms. The van der Waals surface area contributed by atoms with Gasteiger partial charge in [-0.1, -0.05) is 60.7 Å². The number of rotatable bonds is 0. The molecule has 0 fully saturated rings. The molecule has 1 aromatic heterocycles. The zero-order chi connectivity index (χ0) is 18.2. The van der Waals surface area contributed by atoms with Crippen LogP contribution >= 0.6 is 0 Å². The van der Waals surface area contributed by atoms with Gasteiger partial charge in [0.15, 0.2) is 5.69 Å². The minimum atomic E-state index is 1.21. The highest BCUT2D eigenvalue weighted by Crippen LogP contribution is 2.43. The van der Waals surface area contributed by atoms with Gasteiger partial charge in [0.05, 0.1) is 11.1 Å². The maximum absolute atomic E-state index is 3.70. The molecular formula is C26H17N2+. The van der Waals surface area contributed by atoms with Gasteiger partial charge in [0.1, 0.15) is 5.69 Å². The Morgan fingerprint density at radius 1 is 0.571 bits per heavy atom. The molecule has 2 heteroatoms. The summed E-state index contributed by atoms with van der Waals surface area (Å²) in [6.45, 7) is 0. The lowest BCUT2D eigenvalue weighted by atomic mass is 10.00. The normalized spacial score (nSPS) is 12.9. The van der Waals surface area contributed by atoms with Gasteiger partial charge >= 0.3 is 0 Å². The standard InChI is InChI=1S/C26H16N2/c1-3-7-17-15(5-1)9-11-19-21-13-24-22(14-23(21)27-25(17)19)20-12-10-16-6-2-4-8-18(16)26(20)28-24/h1-14,27-28H/p+1. The number of H-pyrrole nitrogens is 1. The van der Waals surface area contributed by atoms with Gasteiger partial charge in [0.2, 0.25) is 0 Å². The predicted molar refractivity (Wildman–Crippen MR) is 117 cm³/mol. The smallest absolute Gasteiger partial charge is 0.150 e. The minimum absolute atomic E-state index is 1.21. The maximum atomic E-state index is 3.70. The Morgan fingerprint density at radius 3 is 2.21 bits per heavy atom. The molecule has 0 bridgehead atoms. The third kappa shape index (κ3) is 1.75. The summed E-state index contributed by atoms with van der Waals surface area (Å²) in [5.41, 5.74) is 7.75. The van der Waals surface area contributed by atoms with E-state index in [0.717, 1.165) is 0 Å². The van der Waals surface area contributed by atoms with Crippen molar-refractivity contribution in [2.75, 3.05) is 0 Å². The summed E-state index contributed by atoms with van der Waals surface area (Å²) in [4.78, 5) is 3.70. The number of nitrogens with two attached hydrogens (primary N) is 1. The first-order valence-electron chi connectivity index (χ1n) is 9.71. The van der Waals surface area contributed by atoms with Crippen molar-refractivity contribution in [2.24, 2.45) is 0 Å². The molecule has 2 heterocycles. The molecule has 0 aliphatic carbocycles. The van der Waals surface area contributed by atoms with Crippen LogP contribution in [0.25, 0.3) is 54.5 Å². The third-order valence-corrected chi connectivity index (χ3v) is 6.23. The van der Waals surface area contributed by atoms with Gasteiger partial charge in [-0.3, -0.25) is 5.32 Å². The molecule has 130 valence electrons. The molecule has 28 heavy (non-hydrogen) atoms. The van der Waals surface area contributed by atoms with Crippen LogP contribution in [-0.2, 0) is 0 Å². The van der Waals surface area contributed by atoms with Gasteiger partial charge in [0.25, 0.3) is 0 Å². The summed E-state index contributed by atoms with van der Waals surface area (Å²) < 4.78 is 0. The Labute approximate surface area is 161 Å². The highest BCUT2D eigenvalue weighted by molar-refractivity contribution is 6.18. The van der Waals surface area contributed by atoms with Crippen molar-refractivity contribution in [3.63, 3.8) is 0 Å². The van der Waals surface area contributed by atoms with Gasteiger partial charge in [0, 0.05) is 38.7 Å². The van der Waals surface area contributed by atoms with Gasteiger partial charge in [-0.15, -0.1) is 0 Å². The number of nitrogens with one attached hydrogen (secondary N) is 1. The van der Waals surface area contributed by atoms with Crippen LogP contribution < -0.4 is 5.32 Å². The zero-order valence-electron chi connectivity index (χ0n) is 15.2. The Kier molecular flexibility index (Phi) is 2.58. The van der Waals surface area contributed by atoms with Crippen molar-refractivity contribution in [3.8, 4) is 11.1 Å². The molecule has 0 saturated carbocycles. The van der Waals surface area contributed by atoms with E-state index in [-0.39, 0.29) is 0 Å². The van der Waals surface area contributed by atoms with Gasteiger partial charge in [-0.05, 0) is 29.0 Å². The van der Waals surface area contributed by atoms with E-state index in [2.05, 4.69) is 95.2 Å². The quantitative estimate of drug-likeness (QED) is 0.306. The summed E-state index contributed by atoms with van der Waals surface area (Å²) in [7, 11) is 0. The van der Waals surface area contributed by atoms with Gasteiger partial charge < -0.3 is 4.98 Å². The minimum Gasteiger partial charge on any atom is -0.354 e. The molecule has 3 N–H and O–H groups in total. The Bertz CT molecular complexity index is 1590. The summed E-state index contributed by atoms with van der Waals surface area (Å²) in [5.74, 6) is 0. The van der Waals surface area contributed by atoms with Crippen molar-refractivity contribution < 1.29 is 5.32 Å². The number of quaternary nitrogens is 1. The second kappa shape index (κ2) is 5.00. The van der Waals surface area contributed by atoms with Crippen LogP contribution in [0, 0.1) is 0 Å². The van der Waals surface area contributed by atoms with Crippen molar-refractivity contribution in [1.29, 1.82) is 0 Å². The second-order valence-electron chi connectivity index (χ2n) is 7.71. The highest BCUT2D eigenvalue weighted by Gasteiger charge is 2.26. The van der Waals surface area contributed by atoms with Crippen LogP contribution in [0.5, 0.6) is 0 Å². The molecule has 0 unspecified atom stereocenters. The molecule has 0 atom stereocenters. The lowest BCUT2D eigenvalue weighted by Gasteiger charge is -2.01. The molecule has 1 aliphatic rings. The fourth-order valence-corrected chi connectivity index (χ4v) is 4.90. The summed E-state index contributed by atoms with van der Waals surface area (Å²) in [5, 5.41) is 10.1. The van der Waals surface area contributed by atoms with E-state index in [1.165, 1.54) is 65.9 Å². The topological polar surface area (TPSA) is 32.4 Å². The lowest BCUT2D eigenvalue weighted by Crippen LogP contribution is -2.69. The number of aromatic amines is 1. The van der Waals surface area contributed by atoms with Crippen LogP contribution in [-0.4, -0.2) is 4.98 Å². The van der Waals surface area contributed by atoms with Crippen molar-refractivity contribution >= 4 is 54.7 Å². The van der Waals surface area contributed by atoms with E-state index in [1.807, 2.05) is 0 Å². The number of fused-ring (bicyclic) bond motifs is 10. The maximum Gasteiger partial charge on any atom is 0.150 e. The lowest BCUT2D eigenvalue weighted by molar-refractivity contribution is -0.471. The van der Waals surface area contributed by atoms with E-state index in [4.69, 9.17) is 0 Å². The Morgan fingerprint density at radius 2 is 1.32 bits per heavy atom. The summed E-state index contributed by atoms with van der Waals surface area (Å²) in [6.07, 6.45) is 0. The summed E-state index contributed by atoms with van der Waals surface area (Å²) >= 11 is 0. The van der Waals surface area contributed by atoms with Gasteiger partial charge in [-0.2, -0.15) is 0 Å². The first-order chi connectivity index (χ1) is 13.9. The molecular weight excluding hydrogens is 340 g/mol. The second-order valence-corrected chi connectivity index (χ2v) is 7.71. The zero-order valence-corrected chi connectivity index (χ0v) is 15.2. The molecule has 0 saturated heterocycles. The molecule has 6 aromatic rings. The highest BCUT2D eigenvalue weighted by atomic mass is 14.9. The van der Waals surface area contributed by atoms with E-state index in [9.17, 15) is 0 Å². The molecule has 0 radical (unpaired) electrons. The van der Waals surface area contributed by atoms with Crippen molar-refractivity contribution in [1.82, 2.24) is 4.98 Å². The van der Waals surface area contributed by atoms with E-state index < -0.39 is 0 Å². The average Bonchev–Trinajstić information content (AvgIpc) is 3.30. The molecule has 5 aromatic carbocycles. The van der Waals surface area contributed by atoms with Crippen LogP contribution in [0.15, 0.2) is 84.9 Å². The first-order valence-corrected chi connectivity index (χ1v) is 9.71. The molecule has 1 aliphatic heterocycles. The summed E-state index contributed by atoms with van der Waals surface area (Å²) in [6, 6.07) is 30.9. The predicted octanol–water partition coefficient (Wildman–Crippen LogP) is 6.13. The Balaban J connectivity index is 1.55. The van der Waals surface area contributed by atoms with Crippen LogP contribution in [0.4, 0.5) is 11.4 Å². The Hall–Kier alpha value is -3.62. The van der Waals surface area contributed by atoms with Crippen molar-refractivity contribution in [3.05, 3.63) is 84.9 Å². The molecule has 0 amide bonds.